The van der Waals surface area contributed by atoms with Crippen LogP contribution in [0.3, 0.4) is 0 Å². The van der Waals surface area contributed by atoms with Crippen LogP contribution in [0, 0.1) is 5.92 Å². The molecule has 8 nitrogen and oxygen atoms in total. The van der Waals surface area contributed by atoms with Crippen LogP contribution in [-0.4, -0.2) is 40.7 Å². The van der Waals surface area contributed by atoms with Crippen molar-refractivity contribution in [3.8, 4) is 5.75 Å². The zero-order valence-corrected chi connectivity index (χ0v) is 13.0. The van der Waals surface area contributed by atoms with E-state index in [1.165, 1.54) is 18.3 Å². The zero-order chi connectivity index (χ0) is 16.4. The molecule has 2 N–H and O–H groups in total. The van der Waals surface area contributed by atoms with Crippen molar-refractivity contribution in [3.05, 3.63) is 29.5 Å². The van der Waals surface area contributed by atoms with Gasteiger partial charge in [0.25, 0.3) is 0 Å². The number of methoxy groups -OCH3 is 1. The van der Waals surface area contributed by atoms with E-state index in [2.05, 4.69) is 20.5 Å². The highest BCUT2D eigenvalue weighted by Gasteiger charge is 2.35. The molecule has 2 amide bonds. The van der Waals surface area contributed by atoms with Gasteiger partial charge in [0.1, 0.15) is 12.1 Å². The Morgan fingerprint density at radius 2 is 2.35 bits per heavy atom. The third-order valence-corrected chi connectivity index (χ3v) is 3.89. The molecule has 3 rings (SSSR count). The molecule has 0 spiro atoms. The highest BCUT2D eigenvalue weighted by Crippen LogP contribution is 2.32. The van der Waals surface area contributed by atoms with E-state index in [1.54, 1.807) is 18.2 Å². The first-order valence-electron chi connectivity index (χ1n) is 6.88. The lowest BCUT2D eigenvalue weighted by Crippen LogP contribution is -2.28. The SMILES string of the molecule is COc1ccc(N2C[C@@H](C(=O)Nc3ncn[nH]3)CC2=O)cc1Cl. The number of H-pyrrole nitrogens is 1. The van der Waals surface area contributed by atoms with Gasteiger partial charge in [0.15, 0.2) is 0 Å². The molecular weight excluding hydrogens is 322 g/mol. The van der Waals surface area contributed by atoms with E-state index in [9.17, 15) is 9.59 Å². The average molecular weight is 336 g/mol. The van der Waals surface area contributed by atoms with E-state index in [-0.39, 0.29) is 30.7 Å². The molecule has 1 aromatic carbocycles. The normalized spacial score (nSPS) is 17.4. The van der Waals surface area contributed by atoms with Crippen molar-refractivity contribution in [2.24, 2.45) is 5.92 Å². The topological polar surface area (TPSA) is 100 Å². The molecular formula is C14H14ClN5O3. The number of hydrogen-bond donors (Lipinski definition) is 2. The van der Waals surface area contributed by atoms with E-state index in [0.717, 1.165) is 0 Å². The van der Waals surface area contributed by atoms with E-state index in [4.69, 9.17) is 16.3 Å². The smallest absolute Gasteiger partial charge is 0.232 e. The number of hydrogen-bond acceptors (Lipinski definition) is 5. The van der Waals surface area contributed by atoms with E-state index >= 15 is 0 Å². The summed E-state index contributed by atoms with van der Waals surface area (Å²) in [5.74, 6) is -0.0929. The summed E-state index contributed by atoms with van der Waals surface area (Å²) >= 11 is 6.09. The van der Waals surface area contributed by atoms with Crippen molar-refractivity contribution in [1.29, 1.82) is 0 Å². The molecule has 1 atom stereocenters. The van der Waals surface area contributed by atoms with Crippen LogP contribution < -0.4 is 15.0 Å². The highest BCUT2D eigenvalue weighted by molar-refractivity contribution is 6.32. The van der Waals surface area contributed by atoms with Crippen LogP contribution in [-0.2, 0) is 9.59 Å². The Bertz CT molecular complexity index is 734. The fourth-order valence-corrected chi connectivity index (χ4v) is 2.69. The summed E-state index contributed by atoms with van der Waals surface area (Å²) in [4.78, 5) is 29.7. The summed E-state index contributed by atoms with van der Waals surface area (Å²) in [6.07, 6.45) is 1.42. The van der Waals surface area contributed by atoms with Crippen molar-refractivity contribution in [2.75, 3.05) is 23.9 Å². The van der Waals surface area contributed by atoms with Gasteiger partial charge in [-0.2, -0.15) is 10.1 Å². The molecule has 0 radical (unpaired) electrons. The lowest BCUT2D eigenvalue weighted by Gasteiger charge is -2.17. The van der Waals surface area contributed by atoms with Crippen LogP contribution in [0.1, 0.15) is 6.42 Å². The molecule has 0 saturated carbocycles. The molecule has 1 fully saturated rings. The molecule has 2 heterocycles. The van der Waals surface area contributed by atoms with E-state index in [1.807, 2.05) is 0 Å². The van der Waals surface area contributed by atoms with E-state index < -0.39 is 5.92 Å². The molecule has 1 aliphatic rings. The van der Waals surface area contributed by atoms with Crippen molar-refractivity contribution in [2.45, 2.75) is 6.42 Å². The average Bonchev–Trinajstić information content (AvgIpc) is 3.16. The summed E-state index contributed by atoms with van der Waals surface area (Å²) in [6.45, 7) is 0.279. The standard InChI is InChI=1S/C14H14ClN5O3/c1-23-11-3-2-9(5-10(11)15)20-6-8(4-12(20)21)13(22)18-14-16-7-17-19-14/h2-3,5,7-8H,4,6H2,1H3,(H2,16,17,18,19,22)/t8-/m0/s1. The number of aromatic amines is 1. The molecule has 1 aromatic heterocycles. The van der Waals surface area contributed by atoms with Crippen molar-refractivity contribution < 1.29 is 14.3 Å². The molecule has 120 valence electrons. The maximum absolute atomic E-state index is 12.2. The van der Waals surface area contributed by atoms with Gasteiger partial charge in [-0.1, -0.05) is 11.6 Å². The lowest BCUT2D eigenvalue weighted by atomic mass is 10.1. The minimum absolute atomic E-state index is 0.129. The predicted molar refractivity (Wildman–Crippen MR) is 83.5 cm³/mol. The molecule has 1 aliphatic heterocycles. The number of carbonyl (C=O) groups excluding carboxylic acids is 2. The number of carbonyl (C=O) groups is 2. The summed E-state index contributed by atoms with van der Waals surface area (Å²) in [5.41, 5.74) is 0.635. The summed E-state index contributed by atoms with van der Waals surface area (Å²) in [7, 11) is 1.52. The first-order valence-corrected chi connectivity index (χ1v) is 7.26. The highest BCUT2D eigenvalue weighted by atomic mass is 35.5. The fraction of sp³-hybridized carbons (Fsp3) is 0.286. The summed E-state index contributed by atoms with van der Waals surface area (Å²) < 4.78 is 5.09. The number of anilines is 2. The first kappa shape index (κ1) is 15.3. The molecule has 1 saturated heterocycles. The summed E-state index contributed by atoms with van der Waals surface area (Å²) in [5, 5.41) is 9.20. The van der Waals surface area contributed by atoms with Crippen LogP contribution in [0.4, 0.5) is 11.6 Å². The van der Waals surface area contributed by atoms with Gasteiger partial charge in [-0.25, -0.2) is 5.10 Å². The van der Waals surface area contributed by atoms with Gasteiger partial charge in [0, 0.05) is 18.7 Å². The van der Waals surface area contributed by atoms with Gasteiger partial charge in [0.05, 0.1) is 18.1 Å². The number of aromatic nitrogens is 3. The van der Waals surface area contributed by atoms with Gasteiger partial charge in [0.2, 0.25) is 17.8 Å². The van der Waals surface area contributed by atoms with Crippen LogP contribution in [0.2, 0.25) is 5.02 Å². The largest absolute Gasteiger partial charge is 0.495 e. The molecule has 23 heavy (non-hydrogen) atoms. The number of rotatable bonds is 4. The molecule has 9 heteroatoms. The van der Waals surface area contributed by atoms with Gasteiger partial charge in [-0.05, 0) is 18.2 Å². The maximum atomic E-state index is 12.2. The van der Waals surface area contributed by atoms with Crippen molar-refractivity contribution in [3.63, 3.8) is 0 Å². The number of amides is 2. The fourth-order valence-electron chi connectivity index (χ4n) is 2.44. The van der Waals surface area contributed by atoms with Gasteiger partial charge in [-0.15, -0.1) is 0 Å². The first-order chi connectivity index (χ1) is 11.1. The van der Waals surface area contributed by atoms with Crippen LogP contribution in [0.5, 0.6) is 5.75 Å². The minimum atomic E-state index is -0.464. The second kappa shape index (κ2) is 6.25. The van der Waals surface area contributed by atoms with Gasteiger partial charge < -0.3 is 9.64 Å². The maximum Gasteiger partial charge on any atom is 0.232 e. The molecule has 2 aromatic rings. The van der Waals surface area contributed by atoms with Crippen molar-refractivity contribution >= 4 is 35.1 Å². The zero-order valence-electron chi connectivity index (χ0n) is 12.2. The molecule has 0 aliphatic carbocycles. The molecule has 0 unspecified atom stereocenters. The summed E-state index contributed by atoms with van der Waals surface area (Å²) in [6, 6.07) is 5.07. The quantitative estimate of drug-likeness (QED) is 0.881. The third kappa shape index (κ3) is 3.11. The monoisotopic (exact) mass is 335 g/mol. The predicted octanol–water partition coefficient (Wildman–Crippen LogP) is 1.46. The van der Waals surface area contributed by atoms with Crippen LogP contribution in [0.15, 0.2) is 24.5 Å². The Hall–Kier alpha value is -2.61. The Balaban J connectivity index is 1.72. The Kier molecular flexibility index (Phi) is 4.16. The van der Waals surface area contributed by atoms with Crippen molar-refractivity contribution in [1.82, 2.24) is 15.2 Å². The number of nitrogens with one attached hydrogen (secondary N) is 2. The lowest BCUT2D eigenvalue weighted by molar-refractivity contribution is -0.122. The second-order valence-corrected chi connectivity index (χ2v) is 5.45. The number of benzene rings is 1. The minimum Gasteiger partial charge on any atom is -0.495 e. The Morgan fingerprint density at radius 1 is 1.52 bits per heavy atom. The van der Waals surface area contributed by atoms with Crippen LogP contribution >= 0.6 is 11.6 Å². The van der Waals surface area contributed by atoms with E-state index in [0.29, 0.717) is 16.5 Å². The Labute approximate surface area is 136 Å². The second-order valence-electron chi connectivity index (χ2n) is 5.05. The Morgan fingerprint density at radius 3 is 3.00 bits per heavy atom. The number of nitrogens with zero attached hydrogens (tertiary/aromatic N) is 3. The van der Waals surface area contributed by atoms with Crippen LogP contribution in [0.25, 0.3) is 0 Å². The number of halogens is 1. The third-order valence-electron chi connectivity index (χ3n) is 3.60. The van der Waals surface area contributed by atoms with Gasteiger partial charge >= 0.3 is 0 Å². The van der Waals surface area contributed by atoms with Gasteiger partial charge in [-0.3, -0.25) is 14.9 Å². The number of ether oxygens (including phenoxy) is 1. The molecule has 0 bridgehead atoms.